The number of carbonyl (C=O) groups is 3. The second kappa shape index (κ2) is 6.77. The van der Waals surface area contributed by atoms with Crippen molar-refractivity contribution in [1.29, 1.82) is 0 Å². The molecule has 3 aliphatic heterocycles. The highest BCUT2D eigenvalue weighted by molar-refractivity contribution is 9.10. The molecule has 0 radical (unpaired) electrons. The summed E-state index contributed by atoms with van der Waals surface area (Å²) in [5, 5.41) is 5.98. The molecule has 2 aromatic rings. The summed E-state index contributed by atoms with van der Waals surface area (Å²) >= 11 is 3.37. The molecule has 0 bridgehead atoms. The van der Waals surface area contributed by atoms with Crippen molar-refractivity contribution in [2.45, 2.75) is 12.1 Å². The first kappa shape index (κ1) is 18.0. The first-order valence-corrected chi connectivity index (χ1v) is 10.1. The highest BCUT2D eigenvalue weighted by atomic mass is 79.9. The number of amides is 2. The number of Topliss-reactive ketones (excluding diaryl/α,β-unsaturated/α-hetero) is 1. The molecule has 0 aliphatic carbocycles. The number of ketones is 1. The fraction of sp³-hybridized carbons (Fsp3) is 0.182. The van der Waals surface area contributed by atoms with Gasteiger partial charge < -0.3 is 0 Å². The Morgan fingerprint density at radius 3 is 2.34 bits per heavy atom. The van der Waals surface area contributed by atoms with Crippen molar-refractivity contribution in [2.75, 3.05) is 4.90 Å². The number of halogens is 1. The molecule has 4 atom stereocenters. The van der Waals surface area contributed by atoms with E-state index in [2.05, 4.69) is 21.0 Å². The van der Waals surface area contributed by atoms with Gasteiger partial charge in [-0.3, -0.25) is 19.4 Å². The minimum atomic E-state index is -0.822. The van der Waals surface area contributed by atoms with E-state index in [1.807, 2.05) is 12.1 Å². The van der Waals surface area contributed by atoms with Gasteiger partial charge in [0.05, 0.1) is 23.6 Å². The van der Waals surface area contributed by atoms with Crippen LogP contribution in [-0.4, -0.2) is 40.9 Å². The number of para-hydroxylation sites is 1. The molecule has 7 heteroatoms. The Bertz CT molecular complexity index is 1060. The molecule has 3 heterocycles. The molecular weight excluding hydrogens is 434 g/mol. The number of imide groups is 1. The van der Waals surface area contributed by atoms with Crippen molar-refractivity contribution in [3.63, 3.8) is 0 Å². The Morgan fingerprint density at radius 2 is 1.62 bits per heavy atom. The number of carbonyl (C=O) groups excluding carboxylic acids is 3. The van der Waals surface area contributed by atoms with E-state index in [1.165, 1.54) is 4.90 Å². The zero-order valence-electron chi connectivity index (χ0n) is 15.2. The normalized spacial score (nSPS) is 27.3. The number of nitrogens with zero attached hydrogens (tertiary/aromatic N) is 3. The van der Waals surface area contributed by atoms with Crippen LogP contribution in [0, 0.1) is 11.8 Å². The smallest absolute Gasteiger partial charge is 0.240 e. The lowest BCUT2D eigenvalue weighted by Crippen LogP contribution is -2.46. The summed E-state index contributed by atoms with van der Waals surface area (Å²) in [5.41, 5.74) is 1.02. The van der Waals surface area contributed by atoms with Crippen molar-refractivity contribution in [1.82, 2.24) is 5.01 Å². The van der Waals surface area contributed by atoms with Crippen LogP contribution >= 0.6 is 15.9 Å². The van der Waals surface area contributed by atoms with Crippen LogP contribution in [0.4, 0.5) is 5.69 Å². The van der Waals surface area contributed by atoms with Gasteiger partial charge in [0.25, 0.3) is 0 Å². The average molecular weight is 450 g/mol. The predicted molar refractivity (Wildman–Crippen MR) is 111 cm³/mol. The molecule has 6 nitrogen and oxygen atoms in total. The summed E-state index contributed by atoms with van der Waals surface area (Å²) in [5.74, 6) is -2.25. The summed E-state index contributed by atoms with van der Waals surface area (Å²) in [4.78, 5) is 41.3. The largest absolute Gasteiger partial charge is 0.292 e. The van der Waals surface area contributed by atoms with Gasteiger partial charge in [-0.25, -0.2) is 4.90 Å². The first-order chi connectivity index (χ1) is 14.1. The fourth-order valence-electron chi connectivity index (χ4n) is 4.45. The Hall–Kier alpha value is -3.06. The molecule has 3 aliphatic rings. The monoisotopic (exact) mass is 449 g/mol. The third-order valence-corrected chi connectivity index (χ3v) is 6.23. The minimum absolute atomic E-state index is 0.210. The molecule has 0 saturated carbocycles. The molecule has 0 unspecified atom stereocenters. The van der Waals surface area contributed by atoms with Crippen LogP contribution in [-0.2, 0) is 9.59 Å². The fourth-order valence-corrected chi connectivity index (χ4v) is 4.72. The second-order valence-corrected chi connectivity index (χ2v) is 8.15. The Kier molecular flexibility index (Phi) is 4.20. The predicted octanol–water partition coefficient (Wildman–Crippen LogP) is 3.05. The maximum Gasteiger partial charge on any atom is 0.240 e. The van der Waals surface area contributed by atoms with E-state index >= 15 is 0 Å². The van der Waals surface area contributed by atoms with E-state index in [0.717, 1.165) is 4.47 Å². The molecule has 144 valence electrons. The van der Waals surface area contributed by atoms with Gasteiger partial charge in [-0.1, -0.05) is 52.3 Å². The molecule has 0 N–H and O–H groups in total. The number of anilines is 1. The number of fused-ring (bicyclic) bond motifs is 3. The van der Waals surface area contributed by atoms with E-state index in [4.69, 9.17) is 0 Å². The van der Waals surface area contributed by atoms with Gasteiger partial charge >= 0.3 is 0 Å². The van der Waals surface area contributed by atoms with Gasteiger partial charge in [-0.05, 0) is 30.3 Å². The van der Waals surface area contributed by atoms with Crippen LogP contribution < -0.4 is 4.90 Å². The summed E-state index contributed by atoms with van der Waals surface area (Å²) in [7, 11) is 0. The van der Waals surface area contributed by atoms with Gasteiger partial charge in [0.15, 0.2) is 5.78 Å². The number of benzene rings is 2. The molecule has 2 fully saturated rings. The number of rotatable bonds is 3. The van der Waals surface area contributed by atoms with Crippen molar-refractivity contribution in [2.24, 2.45) is 16.9 Å². The zero-order valence-corrected chi connectivity index (χ0v) is 16.8. The molecule has 2 saturated heterocycles. The summed E-state index contributed by atoms with van der Waals surface area (Å²) in [6, 6.07) is 14.6. The van der Waals surface area contributed by atoms with Crippen molar-refractivity contribution in [3.05, 3.63) is 76.8 Å². The Morgan fingerprint density at radius 1 is 0.931 bits per heavy atom. The topological polar surface area (TPSA) is 70.0 Å². The van der Waals surface area contributed by atoms with Crippen molar-refractivity contribution < 1.29 is 14.4 Å². The molecule has 2 amide bonds. The van der Waals surface area contributed by atoms with Gasteiger partial charge in [-0.2, -0.15) is 5.10 Å². The third kappa shape index (κ3) is 2.68. The molecule has 0 spiro atoms. The quantitative estimate of drug-likeness (QED) is 0.533. The van der Waals surface area contributed by atoms with Crippen LogP contribution in [0.15, 0.2) is 76.3 Å². The summed E-state index contributed by atoms with van der Waals surface area (Å²) in [6.07, 6.45) is 5.19. The van der Waals surface area contributed by atoms with Crippen LogP contribution in [0.3, 0.4) is 0 Å². The highest BCUT2D eigenvalue weighted by Crippen LogP contribution is 2.46. The van der Waals surface area contributed by atoms with Crippen LogP contribution in [0.5, 0.6) is 0 Å². The van der Waals surface area contributed by atoms with Crippen molar-refractivity contribution >= 4 is 45.4 Å². The standard InChI is InChI=1S/C22H16BrN3O3/c23-14-10-8-13(9-11-14)20(27)19-18-17(16-7-4-12-24-26(16)19)21(28)25(22(18)29)15-5-2-1-3-6-15/h1-12,16-19H/t16-,17-,18+,19-/m0/s1. The zero-order chi connectivity index (χ0) is 20.1. The Labute approximate surface area is 175 Å². The summed E-state index contributed by atoms with van der Waals surface area (Å²) in [6.45, 7) is 0. The van der Waals surface area contributed by atoms with Crippen LogP contribution in [0.2, 0.25) is 0 Å². The van der Waals surface area contributed by atoms with E-state index in [0.29, 0.717) is 11.3 Å². The maximum absolute atomic E-state index is 13.4. The lowest BCUT2D eigenvalue weighted by Gasteiger charge is -2.30. The highest BCUT2D eigenvalue weighted by Gasteiger charge is 2.64. The molecule has 29 heavy (non-hydrogen) atoms. The Balaban J connectivity index is 1.58. The number of hydrogen-bond donors (Lipinski definition) is 0. The van der Waals surface area contributed by atoms with E-state index in [1.54, 1.807) is 65.8 Å². The third-order valence-electron chi connectivity index (χ3n) is 5.70. The van der Waals surface area contributed by atoms with Gasteiger partial charge in [0, 0.05) is 16.3 Å². The number of allylic oxidation sites excluding steroid dienone is 1. The molecule has 0 aromatic heterocycles. The van der Waals surface area contributed by atoms with E-state index < -0.39 is 23.9 Å². The lowest BCUT2D eigenvalue weighted by molar-refractivity contribution is -0.123. The minimum Gasteiger partial charge on any atom is -0.292 e. The van der Waals surface area contributed by atoms with E-state index in [9.17, 15) is 14.4 Å². The number of hydrogen-bond acceptors (Lipinski definition) is 5. The van der Waals surface area contributed by atoms with Crippen molar-refractivity contribution in [3.8, 4) is 0 Å². The van der Waals surface area contributed by atoms with Gasteiger partial charge in [0.2, 0.25) is 11.8 Å². The first-order valence-electron chi connectivity index (χ1n) is 9.29. The average Bonchev–Trinajstić information content (AvgIpc) is 3.22. The SMILES string of the molecule is O=C(c1ccc(Br)cc1)[C@@H]1[C@@H]2C(=O)N(c3ccccc3)C(=O)[C@H]2[C@@H]2C=CC=NN12. The van der Waals surface area contributed by atoms with Gasteiger partial charge in [-0.15, -0.1) is 0 Å². The van der Waals surface area contributed by atoms with Crippen LogP contribution in [0.1, 0.15) is 10.4 Å². The van der Waals surface area contributed by atoms with Gasteiger partial charge in [0.1, 0.15) is 6.04 Å². The van der Waals surface area contributed by atoms with Crippen LogP contribution in [0.25, 0.3) is 0 Å². The summed E-state index contributed by atoms with van der Waals surface area (Å²) < 4.78 is 0.859. The maximum atomic E-state index is 13.4. The molecule has 2 aromatic carbocycles. The lowest BCUT2D eigenvalue weighted by atomic mass is 9.86. The molecule has 5 rings (SSSR count). The second-order valence-electron chi connectivity index (χ2n) is 7.24. The number of hydrazone groups is 1. The molecular formula is C22H16BrN3O3. The van der Waals surface area contributed by atoms with E-state index in [-0.39, 0.29) is 17.6 Å².